The molecule has 4 heteroatoms. The largest absolute Gasteiger partial charge is 0.337 e. The first-order valence-corrected chi connectivity index (χ1v) is 6.68. The smallest absolute Gasteiger partial charge is 0.255 e. The summed E-state index contributed by atoms with van der Waals surface area (Å²) in [5.41, 5.74) is 7.73. The SMILES string of the molecule is Cc1ccc(Br)c(C(=O)N2CCCC(N)C2)c1. The number of hydrogen-bond acceptors (Lipinski definition) is 2. The fraction of sp³-hybridized carbons (Fsp3) is 0.462. The van der Waals surface area contributed by atoms with E-state index in [0.29, 0.717) is 6.54 Å². The van der Waals surface area contributed by atoms with Gasteiger partial charge in [-0.05, 0) is 47.8 Å². The maximum absolute atomic E-state index is 12.4. The zero-order valence-corrected chi connectivity index (χ0v) is 11.5. The number of amides is 1. The Kier molecular flexibility index (Phi) is 3.84. The molecular weight excluding hydrogens is 280 g/mol. The number of aryl methyl sites for hydroxylation is 1. The molecule has 3 nitrogen and oxygen atoms in total. The van der Waals surface area contributed by atoms with Crippen LogP contribution in [0.4, 0.5) is 0 Å². The number of piperidine rings is 1. The molecule has 1 aliphatic heterocycles. The standard InChI is InChI=1S/C13H17BrN2O/c1-9-4-5-12(14)11(7-9)13(17)16-6-2-3-10(15)8-16/h4-5,7,10H,2-3,6,8,15H2,1H3. The second-order valence-corrected chi connectivity index (χ2v) is 5.49. The lowest BCUT2D eigenvalue weighted by Crippen LogP contribution is -2.45. The molecule has 1 aliphatic rings. The molecule has 0 aliphatic carbocycles. The van der Waals surface area contributed by atoms with Crippen molar-refractivity contribution in [2.75, 3.05) is 13.1 Å². The van der Waals surface area contributed by atoms with Crippen LogP contribution in [-0.4, -0.2) is 29.9 Å². The second kappa shape index (κ2) is 5.19. The highest BCUT2D eigenvalue weighted by atomic mass is 79.9. The Labute approximate surface area is 110 Å². The number of nitrogens with zero attached hydrogens (tertiary/aromatic N) is 1. The van der Waals surface area contributed by atoms with Crippen LogP contribution in [0.3, 0.4) is 0 Å². The van der Waals surface area contributed by atoms with E-state index in [0.717, 1.165) is 35.0 Å². The normalized spacial score (nSPS) is 20.4. The number of rotatable bonds is 1. The summed E-state index contributed by atoms with van der Waals surface area (Å²) in [5.74, 6) is 0.0794. The lowest BCUT2D eigenvalue weighted by Gasteiger charge is -2.31. The molecule has 1 fully saturated rings. The van der Waals surface area contributed by atoms with Gasteiger partial charge in [0.25, 0.3) is 5.91 Å². The first kappa shape index (κ1) is 12.6. The number of nitrogens with two attached hydrogens (primary N) is 1. The molecule has 0 radical (unpaired) electrons. The number of hydrogen-bond donors (Lipinski definition) is 1. The monoisotopic (exact) mass is 296 g/mol. The van der Waals surface area contributed by atoms with Crippen molar-refractivity contribution in [3.05, 3.63) is 33.8 Å². The van der Waals surface area contributed by atoms with E-state index in [-0.39, 0.29) is 11.9 Å². The summed E-state index contributed by atoms with van der Waals surface area (Å²) in [6.07, 6.45) is 2.01. The third-order valence-corrected chi connectivity index (χ3v) is 3.79. The first-order valence-electron chi connectivity index (χ1n) is 5.89. The van der Waals surface area contributed by atoms with Gasteiger partial charge in [-0.1, -0.05) is 11.6 Å². The minimum absolute atomic E-state index is 0.0794. The summed E-state index contributed by atoms with van der Waals surface area (Å²) in [6.45, 7) is 3.47. The Morgan fingerprint density at radius 2 is 2.29 bits per heavy atom. The summed E-state index contributed by atoms with van der Waals surface area (Å²) in [6, 6.07) is 5.96. The molecule has 0 spiro atoms. The minimum Gasteiger partial charge on any atom is -0.337 e. The van der Waals surface area contributed by atoms with Gasteiger partial charge in [0.1, 0.15) is 0 Å². The zero-order chi connectivity index (χ0) is 12.4. The predicted octanol–water partition coefficient (Wildman–Crippen LogP) is 2.32. The number of likely N-dealkylation sites (tertiary alicyclic amines) is 1. The highest BCUT2D eigenvalue weighted by molar-refractivity contribution is 9.10. The van der Waals surface area contributed by atoms with Crippen LogP contribution in [-0.2, 0) is 0 Å². The molecule has 17 heavy (non-hydrogen) atoms. The Morgan fingerprint density at radius 1 is 1.53 bits per heavy atom. The van der Waals surface area contributed by atoms with Gasteiger partial charge in [0.2, 0.25) is 0 Å². The van der Waals surface area contributed by atoms with Crippen LogP contribution in [0.1, 0.15) is 28.8 Å². The third kappa shape index (κ3) is 2.87. The maximum atomic E-state index is 12.4. The first-order chi connectivity index (χ1) is 8.08. The molecule has 1 heterocycles. The summed E-state index contributed by atoms with van der Waals surface area (Å²) >= 11 is 3.43. The summed E-state index contributed by atoms with van der Waals surface area (Å²) in [4.78, 5) is 14.2. The van der Waals surface area contributed by atoms with Crippen molar-refractivity contribution in [2.45, 2.75) is 25.8 Å². The quantitative estimate of drug-likeness (QED) is 0.864. The fourth-order valence-electron chi connectivity index (χ4n) is 2.17. The molecule has 0 saturated carbocycles. The minimum atomic E-state index is 0.0794. The van der Waals surface area contributed by atoms with Gasteiger partial charge in [-0.15, -0.1) is 0 Å². The molecule has 0 aromatic heterocycles. The van der Waals surface area contributed by atoms with Crippen molar-refractivity contribution in [3.63, 3.8) is 0 Å². The predicted molar refractivity (Wildman–Crippen MR) is 72.0 cm³/mol. The van der Waals surface area contributed by atoms with Crippen LogP contribution in [0.2, 0.25) is 0 Å². The molecule has 1 aromatic rings. The third-order valence-electron chi connectivity index (χ3n) is 3.10. The number of halogens is 1. The van der Waals surface area contributed by atoms with Gasteiger partial charge in [0.15, 0.2) is 0 Å². The summed E-state index contributed by atoms with van der Waals surface area (Å²) in [7, 11) is 0. The number of carbonyl (C=O) groups excluding carboxylic acids is 1. The van der Waals surface area contributed by atoms with Crippen molar-refractivity contribution in [1.82, 2.24) is 4.90 Å². The van der Waals surface area contributed by atoms with Crippen molar-refractivity contribution < 1.29 is 4.79 Å². The van der Waals surface area contributed by atoms with Crippen molar-refractivity contribution in [1.29, 1.82) is 0 Å². The summed E-state index contributed by atoms with van der Waals surface area (Å²) in [5, 5.41) is 0. The van der Waals surface area contributed by atoms with Crippen LogP contribution in [0, 0.1) is 6.92 Å². The highest BCUT2D eigenvalue weighted by Gasteiger charge is 2.23. The lowest BCUT2D eigenvalue weighted by atomic mass is 10.0. The maximum Gasteiger partial charge on any atom is 0.255 e. The Bertz CT molecular complexity index is 433. The van der Waals surface area contributed by atoms with Gasteiger partial charge in [-0.2, -0.15) is 0 Å². The van der Waals surface area contributed by atoms with Gasteiger partial charge in [0, 0.05) is 23.6 Å². The molecule has 0 bridgehead atoms. The van der Waals surface area contributed by atoms with Gasteiger partial charge in [0.05, 0.1) is 5.56 Å². The topological polar surface area (TPSA) is 46.3 Å². The van der Waals surface area contributed by atoms with E-state index in [2.05, 4.69) is 15.9 Å². The van der Waals surface area contributed by atoms with E-state index >= 15 is 0 Å². The van der Waals surface area contributed by atoms with E-state index in [1.54, 1.807) is 0 Å². The van der Waals surface area contributed by atoms with Crippen molar-refractivity contribution >= 4 is 21.8 Å². The van der Waals surface area contributed by atoms with Gasteiger partial charge < -0.3 is 10.6 Å². The van der Waals surface area contributed by atoms with E-state index in [9.17, 15) is 4.79 Å². The summed E-state index contributed by atoms with van der Waals surface area (Å²) < 4.78 is 0.854. The van der Waals surface area contributed by atoms with E-state index in [4.69, 9.17) is 5.73 Å². The van der Waals surface area contributed by atoms with Crippen LogP contribution in [0.5, 0.6) is 0 Å². The molecule has 1 atom stereocenters. The molecule has 1 amide bonds. The Balaban J connectivity index is 2.21. The number of benzene rings is 1. The average molecular weight is 297 g/mol. The molecule has 92 valence electrons. The van der Waals surface area contributed by atoms with Crippen LogP contribution in [0.25, 0.3) is 0 Å². The molecule has 1 saturated heterocycles. The lowest BCUT2D eigenvalue weighted by molar-refractivity contribution is 0.0708. The van der Waals surface area contributed by atoms with E-state index in [1.807, 2.05) is 30.0 Å². The van der Waals surface area contributed by atoms with Gasteiger partial charge >= 0.3 is 0 Å². The van der Waals surface area contributed by atoms with Gasteiger partial charge in [-0.25, -0.2) is 0 Å². The van der Waals surface area contributed by atoms with E-state index < -0.39 is 0 Å². The molecule has 2 N–H and O–H groups in total. The van der Waals surface area contributed by atoms with Crippen LogP contribution >= 0.6 is 15.9 Å². The van der Waals surface area contributed by atoms with Crippen LogP contribution < -0.4 is 5.73 Å². The fourth-order valence-corrected chi connectivity index (χ4v) is 2.58. The second-order valence-electron chi connectivity index (χ2n) is 4.64. The Morgan fingerprint density at radius 3 is 3.00 bits per heavy atom. The Hall–Kier alpha value is -0.870. The van der Waals surface area contributed by atoms with Crippen molar-refractivity contribution in [3.8, 4) is 0 Å². The van der Waals surface area contributed by atoms with Crippen molar-refractivity contribution in [2.24, 2.45) is 5.73 Å². The molecule has 2 rings (SSSR count). The highest BCUT2D eigenvalue weighted by Crippen LogP contribution is 2.21. The van der Waals surface area contributed by atoms with Crippen LogP contribution in [0.15, 0.2) is 22.7 Å². The molecule has 1 unspecified atom stereocenters. The molecule has 1 aromatic carbocycles. The van der Waals surface area contributed by atoms with E-state index in [1.165, 1.54) is 0 Å². The average Bonchev–Trinajstić information content (AvgIpc) is 2.31. The molecular formula is C13H17BrN2O. The number of carbonyl (C=O) groups is 1. The van der Waals surface area contributed by atoms with Gasteiger partial charge in [-0.3, -0.25) is 4.79 Å². The zero-order valence-electron chi connectivity index (χ0n) is 9.95.